The molecule has 1 fully saturated rings. The second-order valence-electron chi connectivity index (χ2n) is 8.02. The molecule has 2 N–H and O–H groups in total. The van der Waals surface area contributed by atoms with Crippen molar-refractivity contribution >= 4 is 29.9 Å². The Bertz CT molecular complexity index is 833. The third-order valence-electron chi connectivity index (χ3n) is 5.53. The van der Waals surface area contributed by atoms with E-state index in [9.17, 15) is 0 Å². The summed E-state index contributed by atoms with van der Waals surface area (Å²) < 4.78 is 11.1. The molecule has 0 radical (unpaired) electrons. The quantitative estimate of drug-likeness (QED) is 0.278. The number of ether oxygens (including phenoxy) is 1. The molecular weight excluding hydrogens is 517 g/mol. The number of benzene rings is 1. The molecule has 0 saturated carbocycles. The van der Waals surface area contributed by atoms with E-state index >= 15 is 0 Å². The van der Waals surface area contributed by atoms with E-state index in [0.29, 0.717) is 19.2 Å². The third kappa shape index (κ3) is 7.74. The predicted molar refractivity (Wildman–Crippen MR) is 139 cm³/mol. The Kier molecular flexibility index (Phi) is 11.5. The monoisotopic (exact) mass is 555 g/mol. The molecule has 1 aromatic heterocycles. The molecule has 1 aliphatic heterocycles. The highest BCUT2D eigenvalue weighted by atomic mass is 127. The van der Waals surface area contributed by atoms with Gasteiger partial charge in [-0.1, -0.05) is 43.3 Å². The zero-order chi connectivity index (χ0) is 22.1. The Labute approximate surface area is 209 Å². The minimum absolute atomic E-state index is 0. The molecule has 1 saturated heterocycles. The van der Waals surface area contributed by atoms with Crippen LogP contribution in [0.4, 0.5) is 0 Å². The number of aromatic nitrogens is 1. The molecule has 2 heterocycles. The Hall–Kier alpha value is -1.65. The summed E-state index contributed by atoms with van der Waals surface area (Å²) in [5, 5.41) is 11.0. The second kappa shape index (κ2) is 13.8. The van der Waals surface area contributed by atoms with Gasteiger partial charge in [0.25, 0.3) is 0 Å². The molecule has 1 aliphatic rings. The molecule has 1 aromatic carbocycles. The standard InChI is InChI=1S/C24H37N5O2.HI/c1-5-22-21(23(6-2)31-28-22)15-27-24(25-7-3)26-14-19-9-8-10-20(13-19)17-29-11-12-30-18(4)16-29;/h8-10,13,18H,5-7,11-12,14-17H2,1-4H3,(H2,25,26,27);1H. The van der Waals surface area contributed by atoms with E-state index in [0.717, 1.165) is 68.6 Å². The minimum Gasteiger partial charge on any atom is -0.376 e. The molecule has 0 spiro atoms. The van der Waals surface area contributed by atoms with Crippen molar-refractivity contribution < 1.29 is 9.26 Å². The molecule has 8 heteroatoms. The molecule has 7 nitrogen and oxygen atoms in total. The van der Waals surface area contributed by atoms with Crippen molar-refractivity contribution in [3.8, 4) is 0 Å². The van der Waals surface area contributed by atoms with Gasteiger partial charge in [-0.3, -0.25) is 4.90 Å². The highest BCUT2D eigenvalue weighted by Gasteiger charge is 2.17. The highest BCUT2D eigenvalue weighted by molar-refractivity contribution is 14.0. The fourth-order valence-corrected chi connectivity index (χ4v) is 3.94. The van der Waals surface area contributed by atoms with Crippen LogP contribution < -0.4 is 10.6 Å². The van der Waals surface area contributed by atoms with Crippen LogP contribution in [0.1, 0.15) is 55.8 Å². The van der Waals surface area contributed by atoms with Gasteiger partial charge in [0.15, 0.2) is 5.96 Å². The Balaban J connectivity index is 0.00000363. The first-order chi connectivity index (χ1) is 15.1. The van der Waals surface area contributed by atoms with Gasteiger partial charge < -0.3 is 19.9 Å². The topological polar surface area (TPSA) is 74.9 Å². The molecule has 3 rings (SSSR count). The van der Waals surface area contributed by atoms with Gasteiger partial charge in [0.1, 0.15) is 5.76 Å². The first-order valence-electron chi connectivity index (χ1n) is 11.5. The van der Waals surface area contributed by atoms with E-state index in [2.05, 4.69) is 72.7 Å². The molecule has 0 aliphatic carbocycles. The lowest BCUT2D eigenvalue weighted by Crippen LogP contribution is -2.40. The number of hydrogen-bond acceptors (Lipinski definition) is 5. The Morgan fingerprint density at radius 2 is 2.00 bits per heavy atom. The molecule has 0 amide bonds. The van der Waals surface area contributed by atoms with E-state index in [1.165, 1.54) is 11.1 Å². The van der Waals surface area contributed by atoms with Gasteiger partial charge in [-0.25, -0.2) is 4.99 Å². The number of aryl methyl sites for hydroxylation is 2. The van der Waals surface area contributed by atoms with Crippen LogP contribution in [0, 0.1) is 0 Å². The van der Waals surface area contributed by atoms with Gasteiger partial charge in [-0.15, -0.1) is 24.0 Å². The maximum Gasteiger partial charge on any atom is 0.191 e. The maximum absolute atomic E-state index is 5.65. The molecule has 178 valence electrons. The molecule has 0 bridgehead atoms. The molecular formula is C24H38IN5O2. The van der Waals surface area contributed by atoms with Gasteiger partial charge in [0.05, 0.1) is 24.9 Å². The summed E-state index contributed by atoms with van der Waals surface area (Å²) in [5.41, 5.74) is 4.71. The van der Waals surface area contributed by atoms with Crippen LogP contribution >= 0.6 is 24.0 Å². The summed E-state index contributed by atoms with van der Waals surface area (Å²) in [6.07, 6.45) is 2.01. The lowest BCUT2D eigenvalue weighted by atomic mass is 10.1. The first-order valence-corrected chi connectivity index (χ1v) is 11.5. The van der Waals surface area contributed by atoms with E-state index in [-0.39, 0.29) is 24.0 Å². The van der Waals surface area contributed by atoms with E-state index in [1.807, 2.05) is 0 Å². The zero-order valence-corrected chi connectivity index (χ0v) is 22.1. The number of hydrogen-bond donors (Lipinski definition) is 2. The number of guanidine groups is 1. The SMILES string of the molecule is CCNC(=NCc1cccc(CN2CCOC(C)C2)c1)NCc1c(CC)noc1CC.I. The number of aliphatic imine (C=N–C) groups is 1. The number of halogens is 1. The van der Waals surface area contributed by atoms with Crippen molar-refractivity contribution in [3.63, 3.8) is 0 Å². The lowest BCUT2D eigenvalue weighted by molar-refractivity contribution is -0.0212. The Morgan fingerprint density at radius 1 is 1.19 bits per heavy atom. The lowest BCUT2D eigenvalue weighted by Gasteiger charge is -2.31. The summed E-state index contributed by atoms with van der Waals surface area (Å²) in [6.45, 7) is 14.3. The number of nitrogens with one attached hydrogen (secondary N) is 2. The van der Waals surface area contributed by atoms with Crippen LogP contribution in [0.2, 0.25) is 0 Å². The summed E-state index contributed by atoms with van der Waals surface area (Å²) in [5.74, 6) is 1.76. The fraction of sp³-hybridized carbons (Fsp3) is 0.583. The first kappa shape index (κ1) is 26.6. The summed E-state index contributed by atoms with van der Waals surface area (Å²) in [6, 6.07) is 8.73. The predicted octanol–water partition coefficient (Wildman–Crippen LogP) is 3.89. The van der Waals surface area contributed by atoms with Gasteiger partial charge >= 0.3 is 0 Å². The van der Waals surface area contributed by atoms with Crippen LogP contribution in [-0.2, 0) is 37.2 Å². The average Bonchev–Trinajstić information content (AvgIpc) is 3.18. The Morgan fingerprint density at radius 3 is 2.72 bits per heavy atom. The van der Waals surface area contributed by atoms with Gasteiger partial charge in [0.2, 0.25) is 0 Å². The van der Waals surface area contributed by atoms with Crippen molar-refractivity contribution in [2.75, 3.05) is 26.2 Å². The van der Waals surface area contributed by atoms with Crippen molar-refractivity contribution in [2.45, 2.75) is 66.3 Å². The molecule has 32 heavy (non-hydrogen) atoms. The van der Waals surface area contributed by atoms with Crippen LogP contribution in [0.15, 0.2) is 33.8 Å². The maximum atomic E-state index is 5.65. The van der Waals surface area contributed by atoms with Crippen molar-refractivity contribution in [3.05, 3.63) is 52.4 Å². The van der Waals surface area contributed by atoms with Crippen LogP contribution in [-0.4, -0.2) is 48.4 Å². The number of morpholine rings is 1. The summed E-state index contributed by atoms with van der Waals surface area (Å²) >= 11 is 0. The van der Waals surface area contributed by atoms with E-state index in [4.69, 9.17) is 14.3 Å². The summed E-state index contributed by atoms with van der Waals surface area (Å²) in [7, 11) is 0. The summed E-state index contributed by atoms with van der Waals surface area (Å²) in [4.78, 5) is 7.26. The van der Waals surface area contributed by atoms with Gasteiger partial charge in [-0.2, -0.15) is 0 Å². The normalized spacial score (nSPS) is 17.1. The second-order valence-corrected chi connectivity index (χ2v) is 8.02. The van der Waals surface area contributed by atoms with Crippen LogP contribution in [0.25, 0.3) is 0 Å². The van der Waals surface area contributed by atoms with Crippen molar-refractivity contribution in [1.82, 2.24) is 20.7 Å². The number of nitrogens with zero attached hydrogens (tertiary/aromatic N) is 3. The number of rotatable bonds is 9. The molecule has 1 atom stereocenters. The van der Waals surface area contributed by atoms with Crippen LogP contribution in [0.3, 0.4) is 0 Å². The smallest absolute Gasteiger partial charge is 0.191 e. The van der Waals surface area contributed by atoms with Crippen molar-refractivity contribution in [1.29, 1.82) is 0 Å². The largest absolute Gasteiger partial charge is 0.376 e. The van der Waals surface area contributed by atoms with E-state index in [1.54, 1.807) is 0 Å². The van der Waals surface area contributed by atoms with Crippen LogP contribution in [0.5, 0.6) is 0 Å². The zero-order valence-electron chi connectivity index (χ0n) is 19.8. The van der Waals surface area contributed by atoms with E-state index < -0.39 is 0 Å². The van der Waals surface area contributed by atoms with Gasteiger partial charge in [0, 0.05) is 44.7 Å². The fourth-order valence-electron chi connectivity index (χ4n) is 3.94. The highest BCUT2D eigenvalue weighted by Crippen LogP contribution is 2.16. The third-order valence-corrected chi connectivity index (χ3v) is 5.53. The van der Waals surface area contributed by atoms with Crippen molar-refractivity contribution in [2.24, 2.45) is 4.99 Å². The average molecular weight is 556 g/mol. The molecule has 1 unspecified atom stereocenters. The molecule has 2 aromatic rings. The minimum atomic E-state index is 0. The van der Waals surface area contributed by atoms with Gasteiger partial charge in [-0.05, 0) is 31.4 Å².